The molecule has 6 heteroatoms. The molecule has 0 saturated carbocycles. The second kappa shape index (κ2) is 5.79. The van der Waals surface area contributed by atoms with Gasteiger partial charge in [0.2, 0.25) is 5.58 Å². The van der Waals surface area contributed by atoms with Gasteiger partial charge in [-0.1, -0.05) is 12.1 Å². The highest BCUT2D eigenvalue weighted by atomic mass is 16.3. The summed E-state index contributed by atoms with van der Waals surface area (Å²) in [6.07, 6.45) is 2.12. The Labute approximate surface area is 132 Å². The molecule has 0 aliphatic carbocycles. The minimum Gasteiger partial charge on any atom is -0.449 e. The Bertz CT molecular complexity index is 899. The minimum atomic E-state index is -0.239. The number of hydrogen-bond acceptors (Lipinski definition) is 5. The Hall–Kier alpha value is -2.18. The van der Waals surface area contributed by atoms with Crippen LogP contribution in [-0.2, 0) is 6.54 Å². The molecule has 1 atom stereocenters. The Kier molecular flexibility index (Phi) is 3.63. The highest BCUT2D eigenvalue weighted by Gasteiger charge is 2.21. The second-order valence-electron chi connectivity index (χ2n) is 6.21. The molecule has 6 nitrogen and oxygen atoms in total. The number of aliphatic hydroxyl groups excluding tert-OH is 1. The molecule has 23 heavy (non-hydrogen) atoms. The molecule has 2 N–H and O–H groups in total. The van der Waals surface area contributed by atoms with E-state index in [1.807, 2.05) is 24.3 Å². The molecule has 1 aromatic carbocycles. The third kappa shape index (κ3) is 2.64. The van der Waals surface area contributed by atoms with Crippen LogP contribution in [-0.4, -0.2) is 39.7 Å². The number of H-pyrrole nitrogens is 1. The van der Waals surface area contributed by atoms with Crippen LogP contribution >= 0.6 is 0 Å². The van der Waals surface area contributed by atoms with E-state index in [0.29, 0.717) is 29.4 Å². The quantitative estimate of drug-likeness (QED) is 0.771. The van der Waals surface area contributed by atoms with E-state index in [2.05, 4.69) is 14.9 Å². The first-order valence-corrected chi connectivity index (χ1v) is 7.98. The molecule has 1 fully saturated rings. The Balaban J connectivity index is 1.70. The van der Waals surface area contributed by atoms with Crippen LogP contribution in [0.25, 0.3) is 22.1 Å². The van der Waals surface area contributed by atoms with Crippen molar-refractivity contribution in [3.05, 3.63) is 40.4 Å². The summed E-state index contributed by atoms with van der Waals surface area (Å²) in [6.45, 7) is 2.60. The number of likely N-dealkylation sites (tertiary alicyclic amines) is 1. The normalized spacial score (nSPS) is 19.6. The van der Waals surface area contributed by atoms with Crippen LogP contribution in [0.1, 0.15) is 18.7 Å². The summed E-state index contributed by atoms with van der Waals surface area (Å²) in [5.74, 6) is 0.960. The molecule has 1 saturated heterocycles. The average Bonchev–Trinajstić information content (AvgIpc) is 2.95. The van der Waals surface area contributed by atoms with Crippen molar-refractivity contribution in [1.29, 1.82) is 0 Å². The number of fused-ring (bicyclic) bond motifs is 3. The average molecular weight is 313 g/mol. The fourth-order valence-electron chi connectivity index (χ4n) is 3.38. The van der Waals surface area contributed by atoms with Crippen LogP contribution in [0.3, 0.4) is 0 Å². The monoisotopic (exact) mass is 313 g/mol. The minimum absolute atomic E-state index is 0.214. The first-order chi connectivity index (χ1) is 11.2. The van der Waals surface area contributed by atoms with Gasteiger partial charge in [-0.05, 0) is 37.4 Å². The van der Waals surface area contributed by atoms with E-state index in [1.165, 1.54) is 0 Å². The van der Waals surface area contributed by atoms with Gasteiger partial charge in [-0.3, -0.25) is 9.69 Å². The number of aromatic amines is 1. The zero-order valence-corrected chi connectivity index (χ0v) is 12.8. The summed E-state index contributed by atoms with van der Waals surface area (Å²) >= 11 is 0. The van der Waals surface area contributed by atoms with Crippen LogP contribution in [0.4, 0.5) is 0 Å². The summed E-state index contributed by atoms with van der Waals surface area (Å²) in [5, 5.41) is 10.2. The van der Waals surface area contributed by atoms with Crippen LogP contribution in [0.5, 0.6) is 0 Å². The molecule has 0 amide bonds. The molecule has 120 valence electrons. The van der Waals surface area contributed by atoms with Crippen molar-refractivity contribution in [2.75, 3.05) is 19.7 Å². The SMILES string of the molecule is O=c1[nH]c(CN2CCCC(CO)C2)nc2c1oc1ccccc12. The van der Waals surface area contributed by atoms with Crippen molar-refractivity contribution < 1.29 is 9.52 Å². The molecule has 1 aliphatic heterocycles. The first kappa shape index (κ1) is 14.4. The third-order valence-corrected chi connectivity index (χ3v) is 4.51. The highest BCUT2D eigenvalue weighted by Crippen LogP contribution is 2.25. The van der Waals surface area contributed by atoms with Gasteiger partial charge in [-0.2, -0.15) is 0 Å². The molecule has 4 rings (SSSR count). The number of aromatic nitrogens is 2. The van der Waals surface area contributed by atoms with Crippen LogP contribution in [0.15, 0.2) is 33.5 Å². The smallest absolute Gasteiger partial charge is 0.294 e. The van der Waals surface area contributed by atoms with E-state index in [-0.39, 0.29) is 17.7 Å². The Morgan fingerprint density at radius 1 is 1.39 bits per heavy atom. The summed E-state index contributed by atoms with van der Waals surface area (Å²) < 4.78 is 5.61. The lowest BCUT2D eigenvalue weighted by Crippen LogP contribution is -2.37. The fourth-order valence-corrected chi connectivity index (χ4v) is 3.38. The van der Waals surface area contributed by atoms with E-state index in [1.54, 1.807) is 0 Å². The molecule has 3 heterocycles. The number of para-hydroxylation sites is 1. The van der Waals surface area contributed by atoms with Gasteiger partial charge in [0, 0.05) is 18.5 Å². The van der Waals surface area contributed by atoms with Crippen molar-refractivity contribution in [3.8, 4) is 0 Å². The van der Waals surface area contributed by atoms with Gasteiger partial charge in [0.25, 0.3) is 5.56 Å². The highest BCUT2D eigenvalue weighted by molar-refractivity contribution is 6.01. The van der Waals surface area contributed by atoms with Crippen LogP contribution in [0, 0.1) is 5.92 Å². The topological polar surface area (TPSA) is 82.4 Å². The van der Waals surface area contributed by atoms with Crippen molar-refractivity contribution in [3.63, 3.8) is 0 Å². The van der Waals surface area contributed by atoms with Gasteiger partial charge < -0.3 is 14.5 Å². The van der Waals surface area contributed by atoms with E-state index in [4.69, 9.17) is 4.42 Å². The van der Waals surface area contributed by atoms with E-state index < -0.39 is 0 Å². The molecule has 0 bridgehead atoms. The van der Waals surface area contributed by atoms with Gasteiger partial charge >= 0.3 is 0 Å². The number of piperidine rings is 1. The Morgan fingerprint density at radius 2 is 2.26 bits per heavy atom. The first-order valence-electron chi connectivity index (χ1n) is 7.98. The zero-order valence-electron chi connectivity index (χ0n) is 12.8. The molecular weight excluding hydrogens is 294 g/mol. The van der Waals surface area contributed by atoms with Gasteiger partial charge in [-0.15, -0.1) is 0 Å². The fraction of sp³-hybridized carbons (Fsp3) is 0.412. The maximum absolute atomic E-state index is 12.3. The van der Waals surface area contributed by atoms with Crippen molar-refractivity contribution in [2.24, 2.45) is 5.92 Å². The maximum Gasteiger partial charge on any atom is 0.294 e. The number of hydrogen-bond donors (Lipinski definition) is 2. The molecule has 0 radical (unpaired) electrons. The zero-order chi connectivity index (χ0) is 15.8. The van der Waals surface area contributed by atoms with E-state index in [0.717, 1.165) is 31.3 Å². The van der Waals surface area contributed by atoms with E-state index >= 15 is 0 Å². The summed E-state index contributed by atoms with van der Waals surface area (Å²) in [4.78, 5) is 22.0. The Morgan fingerprint density at radius 3 is 3.13 bits per heavy atom. The van der Waals surface area contributed by atoms with Gasteiger partial charge in [0.1, 0.15) is 16.9 Å². The number of nitrogens with zero attached hydrogens (tertiary/aromatic N) is 2. The predicted molar refractivity (Wildman–Crippen MR) is 87.2 cm³/mol. The standard InChI is InChI=1S/C17H19N3O3/c21-10-11-4-3-7-20(8-11)9-14-18-15-12-5-1-2-6-13(12)23-16(15)17(22)19-14/h1-2,5-6,11,21H,3-4,7-10H2,(H,18,19,22). The number of rotatable bonds is 3. The van der Waals surface area contributed by atoms with E-state index in [9.17, 15) is 9.90 Å². The molecule has 3 aromatic rings. The maximum atomic E-state index is 12.3. The molecule has 1 unspecified atom stereocenters. The van der Waals surface area contributed by atoms with Crippen LogP contribution < -0.4 is 5.56 Å². The van der Waals surface area contributed by atoms with Gasteiger partial charge in [0.05, 0.1) is 6.54 Å². The number of benzene rings is 1. The summed E-state index contributed by atoms with van der Waals surface area (Å²) in [6, 6.07) is 7.55. The number of aliphatic hydroxyl groups is 1. The molecule has 2 aromatic heterocycles. The lowest BCUT2D eigenvalue weighted by Gasteiger charge is -2.31. The molecule has 0 spiro atoms. The van der Waals surface area contributed by atoms with Crippen LogP contribution in [0.2, 0.25) is 0 Å². The summed E-state index contributed by atoms with van der Waals surface area (Å²) in [7, 11) is 0. The summed E-state index contributed by atoms with van der Waals surface area (Å²) in [5.41, 5.74) is 1.34. The number of nitrogens with one attached hydrogen (secondary N) is 1. The van der Waals surface area contributed by atoms with Crippen molar-refractivity contribution in [2.45, 2.75) is 19.4 Å². The number of furan rings is 1. The largest absolute Gasteiger partial charge is 0.449 e. The second-order valence-corrected chi connectivity index (χ2v) is 6.21. The van der Waals surface area contributed by atoms with Gasteiger partial charge in [-0.25, -0.2) is 4.98 Å². The van der Waals surface area contributed by atoms with Crippen molar-refractivity contribution >= 4 is 22.1 Å². The molecular formula is C17H19N3O3. The van der Waals surface area contributed by atoms with Gasteiger partial charge in [0.15, 0.2) is 0 Å². The lowest BCUT2D eigenvalue weighted by molar-refractivity contribution is 0.114. The van der Waals surface area contributed by atoms with Crippen molar-refractivity contribution in [1.82, 2.24) is 14.9 Å². The third-order valence-electron chi connectivity index (χ3n) is 4.51. The predicted octanol–water partition coefficient (Wildman–Crippen LogP) is 1.87. The molecule has 1 aliphatic rings. The lowest BCUT2D eigenvalue weighted by atomic mass is 9.99.